The Hall–Kier alpha value is -2.99. The van der Waals surface area contributed by atoms with Gasteiger partial charge in [-0.3, -0.25) is 9.59 Å². The lowest BCUT2D eigenvalue weighted by Gasteiger charge is -2.36. The fraction of sp³-hybridized carbons (Fsp3) is 0.444. The Bertz CT molecular complexity index is 1490. The number of halogens is 1. The number of hydrogen-bond donors (Lipinski definition) is 3. The highest BCUT2D eigenvalue weighted by Crippen LogP contribution is 2.24. The molecule has 2 aliphatic heterocycles. The number of sulfonamides is 1. The number of H-pyrrole nitrogens is 1. The molecule has 12 heteroatoms. The molecule has 5 rings (SSSR count). The SMILES string of the molecule is Cc1[nH]cnc1CNC1CCCN(C(=O)[C@H](C)N2CC[C@H](NS(=O)(=O)c3ccc4cc(Cl)ccc4c3)C2=O)C1. The van der Waals surface area contributed by atoms with E-state index in [-0.39, 0.29) is 22.8 Å². The molecule has 0 aliphatic carbocycles. The molecule has 0 saturated carbocycles. The first-order chi connectivity index (χ1) is 18.6. The first-order valence-electron chi connectivity index (χ1n) is 13.2. The summed E-state index contributed by atoms with van der Waals surface area (Å²) in [6.07, 6.45) is 3.79. The van der Waals surface area contributed by atoms with Gasteiger partial charge in [0.1, 0.15) is 12.1 Å². The van der Waals surface area contributed by atoms with Crippen LogP contribution < -0.4 is 10.0 Å². The predicted octanol–water partition coefficient (Wildman–Crippen LogP) is 2.57. The van der Waals surface area contributed by atoms with Gasteiger partial charge in [-0.1, -0.05) is 23.7 Å². The maximum absolute atomic E-state index is 13.4. The van der Waals surface area contributed by atoms with Crippen molar-refractivity contribution in [2.24, 2.45) is 0 Å². The van der Waals surface area contributed by atoms with E-state index in [1.807, 2.05) is 6.92 Å². The number of nitrogens with zero attached hydrogens (tertiary/aromatic N) is 3. The topological polar surface area (TPSA) is 128 Å². The molecule has 10 nitrogen and oxygen atoms in total. The second-order valence-corrected chi connectivity index (χ2v) is 12.5. The van der Waals surface area contributed by atoms with Crippen LogP contribution in [0, 0.1) is 6.92 Å². The summed E-state index contributed by atoms with van der Waals surface area (Å²) in [6.45, 7) is 5.81. The van der Waals surface area contributed by atoms with Crippen LogP contribution in [0.4, 0.5) is 0 Å². The minimum absolute atomic E-state index is 0.0737. The van der Waals surface area contributed by atoms with E-state index >= 15 is 0 Å². The maximum Gasteiger partial charge on any atom is 0.245 e. The van der Waals surface area contributed by atoms with E-state index in [1.54, 1.807) is 48.5 Å². The second-order valence-electron chi connectivity index (χ2n) is 10.3. The molecule has 1 unspecified atom stereocenters. The van der Waals surface area contributed by atoms with Crippen molar-refractivity contribution in [3.63, 3.8) is 0 Å². The lowest BCUT2D eigenvalue weighted by atomic mass is 10.0. The van der Waals surface area contributed by atoms with Crippen LogP contribution in [-0.2, 0) is 26.2 Å². The van der Waals surface area contributed by atoms with E-state index in [2.05, 4.69) is 20.0 Å². The number of carbonyl (C=O) groups is 2. The van der Waals surface area contributed by atoms with Gasteiger partial charge in [0.25, 0.3) is 0 Å². The Labute approximate surface area is 233 Å². The van der Waals surface area contributed by atoms with E-state index in [1.165, 1.54) is 11.0 Å². The van der Waals surface area contributed by atoms with Gasteiger partial charge in [0.2, 0.25) is 21.8 Å². The highest BCUT2D eigenvalue weighted by atomic mass is 35.5. The maximum atomic E-state index is 13.4. The molecule has 0 bridgehead atoms. The summed E-state index contributed by atoms with van der Waals surface area (Å²) in [4.78, 5) is 37.3. The smallest absolute Gasteiger partial charge is 0.245 e. The van der Waals surface area contributed by atoms with E-state index in [9.17, 15) is 18.0 Å². The molecule has 3 atom stereocenters. The quantitative estimate of drug-likeness (QED) is 0.381. The molecule has 3 N–H and O–H groups in total. The molecule has 208 valence electrons. The summed E-state index contributed by atoms with van der Waals surface area (Å²) in [5.74, 6) is -0.504. The van der Waals surface area contributed by atoms with Crippen molar-refractivity contribution >= 4 is 44.2 Å². The number of aryl methyl sites for hydroxylation is 1. The summed E-state index contributed by atoms with van der Waals surface area (Å²) in [7, 11) is -3.94. The molecule has 2 saturated heterocycles. The Morgan fingerprint density at radius 3 is 2.72 bits per heavy atom. The van der Waals surface area contributed by atoms with Gasteiger partial charge in [0, 0.05) is 42.9 Å². The Balaban J connectivity index is 1.19. The number of nitrogens with one attached hydrogen (secondary N) is 3. The Morgan fingerprint density at radius 2 is 1.95 bits per heavy atom. The zero-order valence-electron chi connectivity index (χ0n) is 22.0. The number of aromatic amines is 1. The summed E-state index contributed by atoms with van der Waals surface area (Å²) < 4.78 is 28.8. The van der Waals surface area contributed by atoms with E-state index in [0.717, 1.165) is 35.0 Å². The van der Waals surface area contributed by atoms with Gasteiger partial charge in [-0.2, -0.15) is 4.72 Å². The third-order valence-electron chi connectivity index (χ3n) is 7.67. The first-order valence-corrected chi connectivity index (χ1v) is 15.0. The molecule has 0 radical (unpaired) electrons. The molecule has 2 fully saturated rings. The van der Waals surface area contributed by atoms with E-state index < -0.39 is 22.1 Å². The van der Waals surface area contributed by atoms with Crippen molar-refractivity contribution in [3.05, 3.63) is 59.1 Å². The Kier molecular flexibility index (Phi) is 7.95. The van der Waals surface area contributed by atoms with Gasteiger partial charge in [-0.25, -0.2) is 13.4 Å². The zero-order chi connectivity index (χ0) is 27.7. The number of piperidine rings is 1. The molecular weight excluding hydrogens is 540 g/mol. The number of benzene rings is 2. The van der Waals surface area contributed by atoms with Gasteiger partial charge in [-0.05, 0) is 68.1 Å². The minimum atomic E-state index is -3.94. The summed E-state index contributed by atoms with van der Waals surface area (Å²) in [5.41, 5.74) is 1.97. The van der Waals surface area contributed by atoms with Gasteiger partial charge in [0.05, 0.1) is 16.9 Å². The van der Waals surface area contributed by atoms with E-state index in [0.29, 0.717) is 37.6 Å². The molecular formula is C27H33ClN6O4S. The molecule has 2 amide bonds. The molecule has 2 aromatic carbocycles. The van der Waals surface area contributed by atoms with Gasteiger partial charge in [-0.15, -0.1) is 0 Å². The second kappa shape index (κ2) is 11.2. The average Bonchev–Trinajstić information content (AvgIpc) is 3.50. The molecule has 1 aromatic heterocycles. The van der Waals surface area contributed by atoms with Crippen molar-refractivity contribution in [1.29, 1.82) is 0 Å². The van der Waals surface area contributed by atoms with Crippen LogP contribution in [0.25, 0.3) is 10.8 Å². The molecule has 3 heterocycles. The number of aromatic nitrogens is 2. The van der Waals surface area contributed by atoms with Crippen molar-refractivity contribution < 1.29 is 18.0 Å². The lowest BCUT2D eigenvalue weighted by Crippen LogP contribution is -2.54. The number of likely N-dealkylation sites (tertiary alicyclic amines) is 2. The number of hydrogen-bond acceptors (Lipinski definition) is 6. The third-order valence-corrected chi connectivity index (χ3v) is 9.38. The van der Waals surface area contributed by atoms with Gasteiger partial charge in [0.15, 0.2) is 0 Å². The van der Waals surface area contributed by atoms with Crippen molar-refractivity contribution in [3.8, 4) is 0 Å². The highest BCUT2D eigenvalue weighted by Gasteiger charge is 2.40. The van der Waals surface area contributed by atoms with Crippen LogP contribution in [0.3, 0.4) is 0 Å². The monoisotopic (exact) mass is 572 g/mol. The summed E-state index contributed by atoms with van der Waals surface area (Å²) >= 11 is 6.03. The number of imidazole rings is 1. The highest BCUT2D eigenvalue weighted by molar-refractivity contribution is 7.89. The van der Waals surface area contributed by atoms with Crippen LogP contribution in [0.1, 0.15) is 37.6 Å². The number of carbonyl (C=O) groups excluding carboxylic acids is 2. The zero-order valence-corrected chi connectivity index (χ0v) is 23.6. The van der Waals surface area contributed by atoms with Crippen LogP contribution in [-0.4, -0.2) is 77.8 Å². The van der Waals surface area contributed by atoms with Crippen LogP contribution >= 0.6 is 11.6 Å². The first kappa shape index (κ1) is 27.6. The van der Waals surface area contributed by atoms with Crippen molar-refractivity contribution in [1.82, 2.24) is 29.8 Å². The normalized spacial score (nSPS) is 21.1. The molecule has 0 spiro atoms. The van der Waals surface area contributed by atoms with Crippen LogP contribution in [0.5, 0.6) is 0 Å². The predicted molar refractivity (Wildman–Crippen MR) is 149 cm³/mol. The molecule has 2 aliphatic rings. The summed E-state index contributed by atoms with van der Waals surface area (Å²) in [5, 5.41) is 5.61. The summed E-state index contributed by atoms with van der Waals surface area (Å²) in [6, 6.07) is 8.51. The molecule has 39 heavy (non-hydrogen) atoms. The van der Waals surface area contributed by atoms with Crippen LogP contribution in [0.15, 0.2) is 47.6 Å². The lowest BCUT2D eigenvalue weighted by molar-refractivity contribution is -0.144. The Morgan fingerprint density at radius 1 is 1.18 bits per heavy atom. The number of rotatable bonds is 8. The fourth-order valence-electron chi connectivity index (χ4n) is 5.36. The van der Waals surface area contributed by atoms with Crippen molar-refractivity contribution in [2.75, 3.05) is 19.6 Å². The third kappa shape index (κ3) is 5.96. The number of amides is 2. The molecule has 3 aromatic rings. The largest absolute Gasteiger partial charge is 0.348 e. The van der Waals surface area contributed by atoms with Gasteiger partial charge >= 0.3 is 0 Å². The fourth-order valence-corrected chi connectivity index (χ4v) is 6.80. The van der Waals surface area contributed by atoms with Crippen LogP contribution in [0.2, 0.25) is 5.02 Å². The van der Waals surface area contributed by atoms with Crippen molar-refractivity contribution in [2.45, 2.75) is 62.7 Å². The van der Waals surface area contributed by atoms with E-state index in [4.69, 9.17) is 11.6 Å². The number of fused-ring (bicyclic) bond motifs is 1. The average molecular weight is 573 g/mol. The standard InChI is InChI=1S/C27H33ClN6O4S/c1-17-25(31-16-30-17)14-29-22-4-3-10-33(15-22)26(35)18(2)34-11-9-24(27(34)36)32-39(37,38)23-8-6-19-12-21(28)7-5-20(19)13-23/h5-8,12-13,16,18,22,24,29,32H,3-4,9-11,14-15H2,1-2H3,(H,30,31)/t18-,22?,24-/m0/s1. The minimum Gasteiger partial charge on any atom is -0.348 e. The van der Waals surface area contributed by atoms with Gasteiger partial charge < -0.3 is 20.1 Å².